The third-order valence-corrected chi connectivity index (χ3v) is 5.43. The molecule has 138 valence electrons. The van der Waals surface area contributed by atoms with E-state index >= 15 is 0 Å². The Balaban J connectivity index is 1.81. The zero-order valence-electron chi connectivity index (χ0n) is 15.2. The highest BCUT2D eigenvalue weighted by Gasteiger charge is 2.31. The van der Waals surface area contributed by atoms with Crippen molar-refractivity contribution in [3.8, 4) is 0 Å². The fraction of sp³-hybridized carbons (Fsp3) is 0.250. The number of rotatable bonds is 2. The minimum absolute atomic E-state index is 0.0720. The zero-order chi connectivity index (χ0) is 19.0. The van der Waals surface area contributed by atoms with E-state index in [1.54, 1.807) is 6.92 Å². The summed E-state index contributed by atoms with van der Waals surface area (Å²) < 4.78 is 39.8. The highest BCUT2D eigenvalue weighted by molar-refractivity contribution is 5.46. The summed E-state index contributed by atoms with van der Waals surface area (Å²) in [5.41, 5.74) is 5.88. The molecule has 0 atom stereocenters. The lowest BCUT2D eigenvalue weighted by atomic mass is 9.83. The van der Waals surface area contributed by atoms with Crippen molar-refractivity contribution in [2.45, 2.75) is 38.3 Å². The van der Waals surface area contributed by atoms with Crippen molar-refractivity contribution in [3.05, 3.63) is 106 Å². The first-order valence-electron chi connectivity index (χ1n) is 9.25. The third-order valence-electron chi connectivity index (χ3n) is 5.43. The van der Waals surface area contributed by atoms with Gasteiger partial charge in [0.05, 0.1) is 5.56 Å². The van der Waals surface area contributed by atoms with Gasteiger partial charge in [0.2, 0.25) is 0 Å². The molecule has 1 aliphatic carbocycles. The molecule has 0 fully saturated rings. The quantitative estimate of drug-likeness (QED) is 0.486. The standard InChI is InChI=1S/C24H21F3/c1-16-12-17(14-20(13-16)24(25,26)27)15-23-21-8-4-2-6-18(21)10-11-19-7-3-5-9-22(19)23/h2-9,12-14,23H,10-11,15H2,1H3. The molecule has 4 rings (SSSR count). The van der Waals surface area contributed by atoms with E-state index in [4.69, 9.17) is 0 Å². The van der Waals surface area contributed by atoms with E-state index in [2.05, 4.69) is 24.3 Å². The van der Waals surface area contributed by atoms with E-state index in [0.717, 1.165) is 18.4 Å². The average molecular weight is 366 g/mol. The minimum atomic E-state index is -4.32. The molecule has 0 radical (unpaired) electrons. The Hall–Kier alpha value is -2.55. The van der Waals surface area contributed by atoms with Crippen molar-refractivity contribution in [1.82, 2.24) is 0 Å². The number of hydrogen-bond acceptors (Lipinski definition) is 0. The summed E-state index contributed by atoms with van der Waals surface area (Å²) >= 11 is 0. The van der Waals surface area contributed by atoms with E-state index < -0.39 is 11.7 Å². The first-order chi connectivity index (χ1) is 12.9. The number of fused-ring (bicyclic) bond motifs is 2. The SMILES string of the molecule is Cc1cc(CC2c3ccccc3CCc3ccccc32)cc(C(F)(F)F)c1. The monoisotopic (exact) mass is 366 g/mol. The Kier molecular flexibility index (Phi) is 4.55. The van der Waals surface area contributed by atoms with Crippen molar-refractivity contribution in [2.24, 2.45) is 0 Å². The average Bonchev–Trinajstić information content (AvgIpc) is 2.79. The van der Waals surface area contributed by atoms with Gasteiger partial charge in [0.1, 0.15) is 0 Å². The van der Waals surface area contributed by atoms with Gasteiger partial charge in [-0.15, -0.1) is 0 Å². The molecule has 0 unspecified atom stereocenters. The molecule has 0 heterocycles. The van der Waals surface area contributed by atoms with Crippen LogP contribution in [-0.4, -0.2) is 0 Å². The number of aryl methyl sites for hydroxylation is 3. The number of hydrogen-bond donors (Lipinski definition) is 0. The summed E-state index contributed by atoms with van der Waals surface area (Å²) in [6, 6.07) is 21.1. The van der Waals surface area contributed by atoms with Crippen molar-refractivity contribution >= 4 is 0 Å². The predicted molar refractivity (Wildman–Crippen MR) is 102 cm³/mol. The van der Waals surface area contributed by atoms with Crippen LogP contribution >= 0.6 is 0 Å². The van der Waals surface area contributed by atoms with Crippen molar-refractivity contribution in [2.75, 3.05) is 0 Å². The van der Waals surface area contributed by atoms with Gasteiger partial charge in [0.25, 0.3) is 0 Å². The molecule has 3 aromatic rings. The zero-order valence-corrected chi connectivity index (χ0v) is 15.2. The van der Waals surface area contributed by atoms with E-state index in [1.165, 1.54) is 34.4 Å². The van der Waals surface area contributed by atoms with Crippen LogP contribution in [-0.2, 0) is 25.4 Å². The highest BCUT2D eigenvalue weighted by Crippen LogP contribution is 2.38. The van der Waals surface area contributed by atoms with E-state index in [0.29, 0.717) is 12.0 Å². The number of alkyl halides is 3. The summed E-state index contributed by atoms with van der Waals surface area (Å²) in [6.07, 6.45) is -1.82. The topological polar surface area (TPSA) is 0 Å². The fourth-order valence-corrected chi connectivity index (χ4v) is 4.24. The van der Waals surface area contributed by atoms with Crippen LogP contribution in [0, 0.1) is 6.92 Å². The maximum Gasteiger partial charge on any atom is 0.416 e. The van der Waals surface area contributed by atoms with Gasteiger partial charge in [-0.25, -0.2) is 0 Å². The van der Waals surface area contributed by atoms with E-state index in [9.17, 15) is 13.2 Å². The number of halogens is 3. The van der Waals surface area contributed by atoms with Gasteiger partial charge >= 0.3 is 6.18 Å². The van der Waals surface area contributed by atoms with Crippen LogP contribution < -0.4 is 0 Å². The Labute approximate surface area is 157 Å². The number of benzene rings is 3. The molecular formula is C24H21F3. The van der Waals surface area contributed by atoms with E-state index in [-0.39, 0.29) is 5.92 Å². The molecule has 0 amide bonds. The molecule has 0 nitrogen and oxygen atoms in total. The lowest BCUT2D eigenvalue weighted by Gasteiger charge is -2.21. The molecule has 0 N–H and O–H groups in total. The summed E-state index contributed by atoms with van der Waals surface area (Å²) in [7, 11) is 0. The summed E-state index contributed by atoms with van der Waals surface area (Å²) in [5.74, 6) is 0.0720. The van der Waals surface area contributed by atoms with Gasteiger partial charge in [0, 0.05) is 5.92 Å². The van der Waals surface area contributed by atoms with Crippen LogP contribution in [0.1, 0.15) is 44.9 Å². The molecule has 0 aromatic heterocycles. The molecule has 1 aliphatic rings. The largest absolute Gasteiger partial charge is 0.416 e. The molecule has 3 heteroatoms. The van der Waals surface area contributed by atoms with Crippen LogP contribution in [0.3, 0.4) is 0 Å². The van der Waals surface area contributed by atoms with Crippen molar-refractivity contribution in [3.63, 3.8) is 0 Å². The maximum absolute atomic E-state index is 13.3. The van der Waals surface area contributed by atoms with Gasteiger partial charge in [-0.3, -0.25) is 0 Å². The van der Waals surface area contributed by atoms with Crippen LogP contribution in [0.25, 0.3) is 0 Å². The molecule has 0 spiro atoms. The minimum Gasteiger partial charge on any atom is -0.166 e. The second-order valence-corrected chi connectivity index (χ2v) is 7.36. The Morgan fingerprint density at radius 1 is 0.815 bits per heavy atom. The molecule has 0 saturated heterocycles. The smallest absolute Gasteiger partial charge is 0.166 e. The first-order valence-corrected chi connectivity index (χ1v) is 9.25. The summed E-state index contributed by atoms with van der Waals surface area (Å²) in [5, 5.41) is 0. The predicted octanol–water partition coefficient (Wildman–Crippen LogP) is 6.49. The van der Waals surface area contributed by atoms with E-state index in [1.807, 2.05) is 30.3 Å². The molecule has 0 saturated carbocycles. The second kappa shape index (κ2) is 6.88. The lowest BCUT2D eigenvalue weighted by molar-refractivity contribution is -0.137. The molecule has 0 bridgehead atoms. The first kappa shape index (κ1) is 17.8. The normalized spacial score (nSPS) is 14.4. The van der Waals surface area contributed by atoms with Crippen molar-refractivity contribution in [1.29, 1.82) is 0 Å². The maximum atomic E-state index is 13.3. The van der Waals surface area contributed by atoms with Crippen LogP contribution in [0.15, 0.2) is 66.7 Å². The molecule has 0 aliphatic heterocycles. The van der Waals surface area contributed by atoms with Crippen LogP contribution in [0.5, 0.6) is 0 Å². The third kappa shape index (κ3) is 3.64. The Morgan fingerprint density at radius 3 is 1.93 bits per heavy atom. The van der Waals surface area contributed by atoms with Crippen LogP contribution in [0.2, 0.25) is 0 Å². The van der Waals surface area contributed by atoms with Crippen LogP contribution in [0.4, 0.5) is 13.2 Å². The molecular weight excluding hydrogens is 345 g/mol. The Bertz CT molecular complexity index is 922. The molecule has 27 heavy (non-hydrogen) atoms. The van der Waals surface area contributed by atoms with Gasteiger partial charge in [-0.2, -0.15) is 13.2 Å². The highest BCUT2D eigenvalue weighted by atomic mass is 19.4. The van der Waals surface area contributed by atoms with Gasteiger partial charge < -0.3 is 0 Å². The van der Waals surface area contributed by atoms with Gasteiger partial charge in [0.15, 0.2) is 0 Å². The van der Waals surface area contributed by atoms with Crippen molar-refractivity contribution < 1.29 is 13.2 Å². The summed E-state index contributed by atoms with van der Waals surface area (Å²) in [4.78, 5) is 0. The van der Waals surface area contributed by atoms with Gasteiger partial charge in [-0.05, 0) is 66.1 Å². The summed E-state index contributed by atoms with van der Waals surface area (Å²) in [6.45, 7) is 1.73. The fourth-order valence-electron chi connectivity index (χ4n) is 4.24. The van der Waals surface area contributed by atoms with Gasteiger partial charge in [-0.1, -0.05) is 60.2 Å². The molecule has 3 aromatic carbocycles. The Morgan fingerprint density at radius 2 is 1.37 bits per heavy atom. The lowest BCUT2D eigenvalue weighted by Crippen LogP contribution is -2.10. The second-order valence-electron chi connectivity index (χ2n) is 7.36.